The number of benzene rings is 1. The number of nitrogens with two attached hydrogens (primary N) is 1. The molecule has 42 heavy (non-hydrogen) atoms. The van der Waals surface area contributed by atoms with E-state index in [0.29, 0.717) is 66.1 Å². The van der Waals surface area contributed by atoms with Gasteiger partial charge >= 0.3 is 0 Å². The number of carbonyl (C=O) groups is 2. The first-order valence-corrected chi connectivity index (χ1v) is 13.8. The molecule has 2 fully saturated rings. The number of nitrogens with zero attached hydrogens (tertiary/aromatic N) is 6. The van der Waals surface area contributed by atoms with Gasteiger partial charge in [-0.25, -0.2) is 15.0 Å². The molecule has 12 nitrogen and oxygen atoms in total. The third-order valence-electron chi connectivity index (χ3n) is 7.41. The van der Waals surface area contributed by atoms with E-state index in [1.807, 2.05) is 30.3 Å². The first-order valence-electron chi connectivity index (χ1n) is 13.8. The molecule has 0 unspecified atom stereocenters. The number of piperidine rings is 1. The Morgan fingerprint density at radius 1 is 1.17 bits per heavy atom. The number of aliphatic imine (C=N–C) groups is 2. The van der Waals surface area contributed by atoms with Crippen molar-refractivity contribution in [3.8, 4) is 5.75 Å². The number of methoxy groups -OCH3 is 1. The predicted molar refractivity (Wildman–Crippen MR) is 157 cm³/mol. The zero-order valence-corrected chi connectivity index (χ0v) is 23.3. The lowest BCUT2D eigenvalue weighted by molar-refractivity contribution is -0.126. The van der Waals surface area contributed by atoms with Crippen molar-refractivity contribution in [2.24, 2.45) is 15.7 Å². The molecule has 0 bridgehead atoms. The molecule has 6 rings (SSSR count). The zero-order valence-electron chi connectivity index (χ0n) is 23.3. The van der Waals surface area contributed by atoms with E-state index in [1.165, 1.54) is 25.8 Å². The summed E-state index contributed by atoms with van der Waals surface area (Å²) in [4.78, 5) is 44.0. The Kier molecular flexibility index (Phi) is 7.34. The molecule has 1 saturated heterocycles. The van der Waals surface area contributed by atoms with Crippen molar-refractivity contribution in [3.05, 3.63) is 71.2 Å². The van der Waals surface area contributed by atoms with Crippen molar-refractivity contribution in [1.29, 1.82) is 0 Å². The zero-order chi connectivity index (χ0) is 29.2. The van der Waals surface area contributed by atoms with Crippen molar-refractivity contribution in [2.45, 2.75) is 38.5 Å². The van der Waals surface area contributed by atoms with Gasteiger partial charge in [0.05, 0.1) is 35.6 Å². The fraction of sp³-hybridized carbons (Fsp3) is 0.300. The Bertz CT molecular complexity index is 1730. The number of fused-ring (bicyclic) bond motifs is 1. The average Bonchev–Trinajstić information content (AvgIpc) is 3.58. The second kappa shape index (κ2) is 11.4. The molecule has 214 valence electrons. The molecular formula is C30H30N8O4. The standard InChI is InChI=1S/C30H30N8O4/c1-17(31)34-16-35-27-25-24(22(41-2)15-33-27)21(14-32-25)26(39)30(40)38-12-10-19(11-13-38)23(18-6-4-3-5-7-18)29-37-36-28(42-29)20-8-9-20/h3-7,14-16,20,32H,8-13H2,1-2H3,(H2,31,33,34,35). The van der Waals surface area contributed by atoms with Crippen molar-refractivity contribution in [3.63, 3.8) is 0 Å². The molecule has 1 saturated carbocycles. The number of hydrogen-bond donors (Lipinski definition) is 2. The largest absolute Gasteiger partial charge is 0.494 e. The summed E-state index contributed by atoms with van der Waals surface area (Å²) in [6.45, 7) is 2.40. The first-order chi connectivity index (χ1) is 20.4. The van der Waals surface area contributed by atoms with Gasteiger partial charge in [-0.05, 0) is 38.2 Å². The number of Topliss-reactive ketones (excluding diaryl/α,β-unsaturated/α-hetero) is 1. The number of aromatic amines is 1. The molecule has 4 aromatic rings. The van der Waals surface area contributed by atoms with E-state index < -0.39 is 11.7 Å². The van der Waals surface area contributed by atoms with Gasteiger partial charge in [-0.2, -0.15) is 0 Å². The van der Waals surface area contributed by atoms with Crippen molar-refractivity contribution >= 4 is 46.2 Å². The van der Waals surface area contributed by atoms with Crippen LogP contribution in [0.1, 0.15) is 66.2 Å². The number of amides is 1. The minimum atomic E-state index is -0.641. The van der Waals surface area contributed by atoms with Gasteiger partial charge in [0.15, 0.2) is 5.82 Å². The number of pyridine rings is 1. The number of aromatic nitrogens is 4. The smallest absolute Gasteiger partial charge is 0.295 e. The van der Waals surface area contributed by atoms with Gasteiger partial charge in [-0.3, -0.25) is 9.59 Å². The number of rotatable bonds is 8. The van der Waals surface area contributed by atoms with Crippen molar-refractivity contribution in [2.75, 3.05) is 20.2 Å². The number of hydrogen-bond acceptors (Lipinski definition) is 8. The summed E-state index contributed by atoms with van der Waals surface area (Å²) >= 11 is 0. The highest BCUT2D eigenvalue weighted by Crippen LogP contribution is 2.41. The lowest BCUT2D eigenvalue weighted by atomic mass is 9.92. The van der Waals surface area contributed by atoms with Gasteiger partial charge in [0.25, 0.3) is 11.7 Å². The lowest BCUT2D eigenvalue weighted by Gasteiger charge is -2.29. The number of nitrogens with one attached hydrogen (secondary N) is 1. The van der Waals surface area contributed by atoms with Crippen LogP contribution in [0, 0.1) is 0 Å². The SMILES string of the molecule is COc1cnc(N=CN=C(C)N)c2[nH]cc(C(=O)C(=O)N3CCC(=C(c4ccccc4)c4nnc(C5CC5)o4)CC3)c12. The number of H-pyrrole nitrogens is 1. The monoisotopic (exact) mass is 566 g/mol. The van der Waals surface area contributed by atoms with E-state index in [9.17, 15) is 9.59 Å². The van der Waals surface area contributed by atoms with Crippen LogP contribution in [0.4, 0.5) is 5.82 Å². The second-order valence-corrected chi connectivity index (χ2v) is 10.3. The van der Waals surface area contributed by atoms with E-state index in [2.05, 4.69) is 30.2 Å². The molecule has 2 aliphatic rings. The van der Waals surface area contributed by atoms with Gasteiger partial charge < -0.3 is 24.8 Å². The maximum absolute atomic E-state index is 13.5. The predicted octanol–water partition coefficient (Wildman–Crippen LogP) is 4.18. The lowest BCUT2D eigenvalue weighted by Crippen LogP contribution is -2.40. The summed E-state index contributed by atoms with van der Waals surface area (Å²) in [5.74, 6) is 1.28. The van der Waals surface area contributed by atoms with Crippen LogP contribution in [0.15, 0.2) is 62.7 Å². The second-order valence-electron chi connectivity index (χ2n) is 10.3. The van der Waals surface area contributed by atoms with E-state index in [-0.39, 0.29) is 11.4 Å². The van der Waals surface area contributed by atoms with Crippen LogP contribution in [0.25, 0.3) is 16.5 Å². The average molecular weight is 567 g/mol. The Hall–Kier alpha value is -5.13. The summed E-state index contributed by atoms with van der Waals surface area (Å²) in [5.41, 5.74) is 9.22. The summed E-state index contributed by atoms with van der Waals surface area (Å²) < 4.78 is 11.5. The number of ketones is 1. The van der Waals surface area contributed by atoms with Crippen LogP contribution in [0.3, 0.4) is 0 Å². The normalized spacial score (nSPS) is 15.9. The maximum Gasteiger partial charge on any atom is 0.295 e. The molecule has 3 aromatic heterocycles. The van der Waals surface area contributed by atoms with Crippen LogP contribution in [0.2, 0.25) is 0 Å². The molecule has 1 aliphatic heterocycles. The Labute approximate surface area is 241 Å². The molecule has 3 N–H and O–H groups in total. The van der Waals surface area contributed by atoms with Gasteiger partial charge in [-0.1, -0.05) is 35.9 Å². The number of ether oxygens (including phenoxy) is 1. The van der Waals surface area contributed by atoms with Crippen LogP contribution < -0.4 is 10.5 Å². The number of likely N-dealkylation sites (tertiary alicyclic amines) is 1. The molecule has 1 amide bonds. The van der Waals surface area contributed by atoms with E-state index in [4.69, 9.17) is 14.9 Å². The van der Waals surface area contributed by atoms with Gasteiger partial charge in [0.1, 0.15) is 12.1 Å². The fourth-order valence-corrected chi connectivity index (χ4v) is 5.11. The quantitative estimate of drug-likeness (QED) is 0.139. The number of amidine groups is 1. The molecule has 0 radical (unpaired) electrons. The minimum absolute atomic E-state index is 0.189. The van der Waals surface area contributed by atoms with E-state index in [1.54, 1.807) is 11.8 Å². The Morgan fingerprint density at radius 2 is 1.93 bits per heavy atom. The summed E-state index contributed by atoms with van der Waals surface area (Å²) in [5, 5.41) is 9.09. The van der Waals surface area contributed by atoms with Crippen molar-refractivity contribution < 1.29 is 18.7 Å². The molecule has 1 aliphatic carbocycles. The topological polar surface area (TPSA) is 165 Å². The van der Waals surface area contributed by atoms with E-state index in [0.717, 1.165) is 29.6 Å². The van der Waals surface area contributed by atoms with Crippen LogP contribution in [-0.2, 0) is 4.79 Å². The Morgan fingerprint density at radius 3 is 2.62 bits per heavy atom. The van der Waals surface area contributed by atoms with Gasteiger partial charge in [0.2, 0.25) is 11.8 Å². The van der Waals surface area contributed by atoms with E-state index >= 15 is 0 Å². The highest BCUT2D eigenvalue weighted by Gasteiger charge is 2.33. The highest BCUT2D eigenvalue weighted by atomic mass is 16.5. The fourth-order valence-electron chi connectivity index (χ4n) is 5.11. The third-order valence-corrected chi connectivity index (χ3v) is 7.41. The maximum atomic E-state index is 13.5. The minimum Gasteiger partial charge on any atom is -0.494 e. The summed E-state index contributed by atoms with van der Waals surface area (Å²) in [6.07, 6.45) is 7.51. The molecular weight excluding hydrogens is 536 g/mol. The van der Waals surface area contributed by atoms with Gasteiger partial charge in [-0.15, -0.1) is 10.2 Å². The molecule has 4 heterocycles. The molecule has 0 atom stereocenters. The first kappa shape index (κ1) is 27.1. The summed E-state index contributed by atoms with van der Waals surface area (Å²) in [6, 6.07) is 9.94. The molecule has 1 aromatic carbocycles. The third kappa shape index (κ3) is 5.30. The summed E-state index contributed by atoms with van der Waals surface area (Å²) in [7, 11) is 1.48. The van der Waals surface area contributed by atoms with Crippen LogP contribution >= 0.6 is 0 Å². The highest BCUT2D eigenvalue weighted by molar-refractivity contribution is 6.45. The van der Waals surface area contributed by atoms with Gasteiger partial charge in [0, 0.05) is 30.8 Å². The van der Waals surface area contributed by atoms with Crippen molar-refractivity contribution in [1.82, 2.24) is 25.1 Å². The van der Waals surface area contributed by atoms with Crippen LogP contribution in [-0.4, -0.2) is 69.1 Å². The Balaban J connectivity index is 1.25. The number of carbonyl (C=O) groups excluding carboxylic acids is 2. The van der Waals surface area contributed by atoms with Crippen LogP contribution in [0.5, 0.6) is 5.75 Å². The molecule has 12 heteroatoms. The molecule has 0 spiro atoms.